The number of hydrogen-bond donors (Lipinski definition) is 1. The van der Waals surface area contributed by atoms with Crippen molar-refractivity contribution in [3.63, 3.8) is 0 Å². The van der Waals surface area contributed by atoms with Gasteiger partial charge in [-0.05, 0) is 50.5 Å². The molecule has 1 aliphatic rings. The number of hydrogen-bond acceptors (Lipinski definition) is 4. The molecular weight excluding hydrogens is 266 g/mol. The summed E-state index contributed by atoms with van der Waals surface area (Å²) >= 11 is 7.94. The summed E-state index contributed by atoms with van der Waals surface area (Å²) in [4.78, 5) is 0. The van der Waals surface area contributed by atoms with Gasteiger partial charge < -0.3 is 5.32 Å². The van der Waals surface area contributed by atoms with Crippen LogP contribution in [0.5, 0.6) is 0 Å². The molecule has 5 heteroatoms. The monoisotopic (exact) mass is 285 g/mol. The van der Waals surface area contributed by atoms with Crippen LogP contribution >= 0.6 is 23.4 Å². The van der Waals surface area contributed by atoms with Gasteiger partial charge in [-0.3, -0.25) is 0 Å². The Kier molecular flexibility index (Phi) is 4.73. The third-order valence-electron chi connectivity index (χ3n) is 3.77. The van der Waals surface area contributed by atoms with Crippen LogP contribution < -0.4 is 5.32 Å². The van der Waals surface area contributed by atoms with E-state index < -0.39 is 0 Å². The first-order valence-corrected chi connectivity index (χ1v) is 8.07. The lowest BCUT2D eigenvalue weighted by Crippen LogP contribution is -2.29. The Bertz CT molecular complexity index is 425. The molecule has 1 heterocycles. The van der Waals surface area contributed by atoms with Crippen molar-refractivity contribution in [2.24, 2.45) is 0 Å². The van der Waals surface area contributed by atoms with Crippen molar-refractivity contribution < 1.29 is 0 Å². The predicted molar refractivity (Wildman–Crippen MR) is 79.7 cm³/mol. The van der Waals surface area contributed by atoms with Gasteiger partial charge >= 0.3 is 0 Å². The van der Waals surface area contributed by atoms with E-state index in [1.165, 1.54) is 25.7 Å². The topological polar surface area (TPSA) is 37.8 Å². The molecule has 1 aromatic rings. The number of halogens is 1. The van der Waals surface area contributed by atoms with Crippen molar-refractivity contribution in [1.29, 1.82) is 0 Å². The minimum absolute atomic E-state index is 0.503. The molecule has 1 fully saturated rings. The average Bonchev–Trinajstić information content (AvgIpc) is 2.40. The molecule has 1 aliphatic carbocycles. The first-order chi connectivity index (χ1) is 8.61. The van der Waals surface area contributed by atoms with Gasteiger partial charge in [0.05, 0.1) is 0 Å². The first-order valence-electron chi connectivity index (χ1n) is 6.40. The van der Waals surface area contributed by atoms with Gasteiger partial charge in [-0.2, -0.15) is 11.8 Å². The fourth-order valence-corrected chi connectivity index (χ4v) is 3.40. The lowest BCUT2D eigenvalue weighted by molar-refractivity contribution is 0.472. The molecule has 0 radical (unpaired) electrons. The number of rotatable bonds is 3. The standard InChI is InChI=1S/C13H20ClN3S/c1-8-9(2)13(17-16-12(8)14)15-10-5-4-6-11(7-10)18-3/h10-11H,4-7H2,1-3H3,(H,15,17). The van der Waals surface area contributed by atoms with Crippen LogP contribution in [0.1, 0.15) is 36.8 Å². The fraction of sp³-hybridized carbons (Fsp3) is 0.692. The summed E-state index contributed by atoms with van der Waals surface area (Å²) in [6.07, 6.45) is 7.26. The molecule has 0 bridgehead atoms. The second kappa shape index (κ2) is 6.11. The highest BCUT2D eigenvalue weighted by Crippen LogP contribution is 2.29. The van der Waals surface area contributed by atoms with E-state index in [4.69, 9.17) is 11.6 Å². The van der Waals surface area contributed by atoms with E-state index in [-0.39, 0.29) is 0 Å². The molecule has 18 heavy (non-hydrogen) atoms. The van der Waals surface area contributed by atoms with Crippen LogP contribution in [0.4, 0.5) is 5.82 Å². The number of aromatic nitrogens is 2. The Labute approximate surface area is 118 Å². The summed E-state index contributed by atoms with van der Waals surface area (Å²) in [6, 6.07) is 0.518. The Balaban J connectivity index is 2.07. The van der Waals surface area contributed by atoms with Gasteiger partial charge in [0, 0.05) is 11.3 Å². The molecule has 2 atom stereocenters. The molecule has 0 saturated heterocycles. The van der Waals surface area contributed by atoms with Gasteiger partial charge in [-0.1, -0.05) is 18.0 Å². The van der Waals surface area contributed by atoms with Crippen molar-refractivity contribution in [3.8, 4) is 0 Å². The maximum atomic E-state index is 5.97. The van der Waals surface area contributed by atoms with Gasteiger partial charge in [-0.15, -0.1) is 10.2 Å². The maximum Gasteiger partial charge on any atom is 0.155 e. The second-order valence-corrected chi connectivity index (χ2v) is 6.45. The average molecular weight is 286 g/mol. The summed E-state index contributed by atoms with van der Waals surface area (Å²) in [7, 11) is 0. The van der Waals surface area contributed by atoms with Crippen LogP contribution in [-0.2, 0) is 0 Å². The Morgan fingerprint density at radius 2 is 2.00 bits per heavy atom. The molecule has 1 N–H and O–H groups in total. The van der Waals surface area contributed by atoms with Crippen molar-refractivity contribution in [1.82, 2.24) is 10.2 Å². The lowest BCUT2D eigenvalue weighted by atomic mass is 9.95. The summed E-state index contributed by atoms with van der Waals surface area (Å²) in [6.45, 7) is 4.04. The van der Waals surface area contributed by atoms with Crippen molar-refractivity contribution in [2.75, 3.05) is 11.6 Å². The maximum absolute atomic E-state index is 5.97. The lowest BCUT2D eigenvalue weighted by Gasteiger charge is -2.29. The molecule has 3 nitrogen and oxygen atoms in total. The summed E-state index contributed by atoms with van der Waals surface area (Å²) < 4.78 is 0. The number of nitrogens with one attached hydrogen (secondary N) is 1. The number of thioether (sulfide) groups is 1. The zero-order valence-corrected chi connectivity index (χ0v) is 12.7. The van der Waals surface area contributed by atoms with E-state index in [9.17, 15) is 0 Å². The molecule has 0 spiro atoms. The van der Waals surface area contributed by atoms with Crippen molar-refractivity contribution in [3.05, 3.63) is 16.3 Å². The summed E-state index contributed by atoms with van der Waals surface area (Å²) in [5.41, 5.74) is 2.13. The summed E-state index contributed by atoms with van der Waals surface area (Å²) in [5.74, 6) is 0.892. The number of anilines is 1. The van der Waals surface area contributed by atoms with Gasteiger partial charge in [0.15, 0.2) is 11.0 Å². The number of nitrogens with zero attached hydrogens (tertiary/aromatic N) is 2. The highest BCUT2D eigenvalue weighted by Gasteiger charge is 2.22. The third-order valence-corrected chi connectivity index (χ3v) is 5.22. The van der Waals surface area contributed by atoms with Gasteiger partial charge in [0.2, 0.25) is 0 Å². The van der Waals surface area contributed by atoms with Crippen LogP contribution in [0.2, 0.25) is 5.15 Å². The molecule has 1 saturated carbocycles. The normalized spacial score (nSPS) is 24.0. The Hall–Kier alpha value is -0.480. The van der Waals surface area contributed by atoms with E-state index in [0.29, 0.717) is 11.2 Å². The van der Waals surface area contributed by atoms with E-state index in [0.717, 1.165) is 22.2 Å². The molecule has 2 rings (SSSR count). The van der Waals surface area contributed by atoms with E-state index in [2.05, 4.69) is 21.8 Å². The zero-order valence-electron chi connectivity index (χ0n) is 11.2. The predicted octanol–water partition coefficient (Wildman–Crippen LogP) is 3.83. The molecule has 2 unspecified atom stereocenters. The smallest absolute Gasteiger partial charge is 0.155 e. The van der Waals surface area contributed by atoms with Gasteiger partial charge in [-0.25, -0.2) is 0 Å². The van der Waals surface area contributed by atoms with Crippen molar-refractivity contribution >= 4 is 29.2 Å². The molecule has 0 amide bonds. The first kappa shape index (κ1) is 13.9. The molecule has 100 valence electrons. The molecule has 1 aromatic heterocycles. The van der Waals surface area contributed by atoms with E-state index >= 15 is 0 Å². The zero-order chi connectivity index (χ0) is 13.1. The molecule has 0 aromatic carbocycles. The van der Waals surface area contributed by atoms with E-state index in [1.807, 2.05) is 25.6 Å². The van der Waals surface area contributed by atoms with Gasteiger partial charge in [0.25, 0.3) is 0 Å². The minimum atomic E-state index is 0.503. The van der Waals surface area contributed by atoms with Crippen LogP contribution in [0.25, 0.3) is 0 Å². The van der Waals surface area contributed by atoms with Crippen LogP contribution in [-0.4, -0.2) is 27.7 Å². The van der Waals surface area contributed by atoms with Gasteiger partial charge in [0.1, 0.15) is 0 Å². The highest BCUT2D eigenvalue weighted by molar-refractivity contribution is 7.99. The fourth-order valence-electron chi connectivity index (χ4n) is 2.40. The van der Waals surface area contributed by atoms with Crippen LogP contribution in [0.15, 0.2) is 0 Å². The molecule has 0 aliphatic heterocycles. The largest absolute Gasteiger partial charge is 0.366 e. The SMILES string of the molecule is CSC1CCCC(Nc2nnc(Cl)c(C)c2C)C1. The van der Waals surface area contributed by atoms with E-state index in [1.54, 1.807) is 0 Å². The second-order valence-electron chi connectivity index (χ2n) is 4.95. The molecular formula is C13H20ClN3S. The van der Waals surface area contributed by atoms with Crippen molar-refractivity contribution in [2.45, 2.75) is 50.8 Å². The van der Waals surface area contributed by atoms with Crippen LogP contribution in [0.3, 0.4) is 0 Å². The Morgan fingerprint density at radius 1 is 1.22 bits per heavy atom. The third kappa shape index (κ3) is 3.09. The highest BCUT2D eigenvalue weighted by atomic mass is 35.5. The quantitative estimate of drug-likeness (QED) is 0.916. The minimum Gasteiger partial charge on any atom is -0.366 e. The van der Waals surface area contributed by atoms with Crippen LogP contribution in [0, 0.1) is 13.8 Å². The Morgan fingerprint density at radius 3 is 2.72 bits per heavy atom. The summed E-state index contributed by atoms with van der Waals surface area (Å²) in [5, 5.41) is 13.0.